The monoisotopic (exact) mass is 193 g/mol. The van der Waals surface area contributed by atoms with Crippen LogP contribution in [-0.2, 0) is 0 Å². The highest BCUT2D eigenvalue weighted by molar-refractivity contribution is 4.94. The first kappa shape index (κ1) is 9.21. The van der Waals surface area contributed by atoms with E-state index in [1.807, 2.05) is 0 Å². The first-order valence-corrected chi connectivity index (χ1v) is 6.62. The molecule has 0 aromatic heterocycles. The number of rotatable bonds is 1. The van der Waals surface area contributed by atoms with E-state index in [-0.39, 0.29) is 0 Å². The van der Waals surface area contributed by atoms with E-state index < -0.39 is 0 Å². The maximum absolute atomic E-state index is 2.81. The minimum Gasteiger partial charge on any atom is -0.300 e. The smallest absolute Gasteiger partial charge is 0.00966 e. The fourth-order valence-corrected chi connectivity index (χ4v) is 3.71. The zero-order valence-electron chi connectivity index (χ0n) is 9.30. The number of hydrogen-bond acceptors (Lipinski definition) is 1. The molecule has 0 aromatic carbocycles. The summed E-state index contributed by atoms with van der Waals surface area (Å²) in [5, 5.41) is 0. The third kappa shape index (κ3) is 1.71. The van der Waals surface area contributed by atoms with Crippen molar-refractivity contribution < 1.29 is 0 Å². The molecule has 3 aliphatic rings. The molecule has 1 aliphatic heterocycles. The molecule has 2 aliphatic carbocycles. The largest absolute Gasteiger partial charge is 0.300 e. The zero-order chi connectivity index (χ0) is 9.43. The molecule has 0 amide bonds. The van der Waals surface area contributed by atoms with E-state index in [0.717, 1.165) is 11.5 Å². The van der Waals surface area contributed by atoms with Gasteiger partial charge >= 0.3 is 0 Å². The summed E-state index contributed by atoms with van der Waals surface area (Å²) < 4.78 is 0. The van der Waals surface area contributed by atoms with E-state index in [9.17, 15) is 0 Å². The van der Waals surface area contributed by atoms with Gasteiger partial charge in [0.1, 0.15) is 0 Å². The standard InChI is InChI=1S/C13H23N/c1-2-7-13(8-3-1)9-4-10-14(11-13)12-5-6-12/h12H,1-11H2. The minimum atomic E-state index is 0.777. The molecule has 14 heavy (non-hydrogen) atoms. The highest BCUT2D eigenvalue weighted by Crippen LogP contribution is 2.45. The number of hydrogen-bond donors (Lipinski definition) is 0. The van der Waals surface area contributed by atoms with E-state index in [1.165, 1.54) is 70.9 Å². The molecule has 1 saturated heterocycles. The Morgan fingerprint density at radius 1 is 0.857 bits per heavy atom. The number of piperidine rings is 1. The second-order valence-corrected chi connectivity index (χ2v) is 5.87. The summed E-state index contributed by atoms with van der Waals surface area (Å²) in [6.45, 7) is 2.87. The van der Waals surface area contributed by atoms with Crippen LogP contribution < -0.4 is 0 Å². The molecular weight excluding hydrogens is 170 g/mol. The Morgan fingerprint density at radius 2 is 1.57 bits per heavy atom. The van der Waals surface area contributed by atoms with E-state index in [1.54, 1.807) is 0 Å². The van der Waals surface area contributed by atoms with Gasteiger partial charge in [0.25, 0.3) is 0 Å². The van der Waals surface area contributed by atoms with Gasteiger partial charge in [-0.05, 0) is 50.5 Å². The molecule has 3 rings (SSSR count). The molecule has 0 radical (unpaired) electrons. The molecule has 80 valence electrons. The molecule has 1 heteroatoms. The molecule has 1 spiro atoms. The van der Waals surface area contributed by atoms with Crippen molar-refractivity contribution in [1.82, 2.24) is 4.90 Å². The van der Waals surface area contributed by atoms with Gasteiger partial charge in [-0.1, -0.05) is 19.3 Å². The van der Waals surface area contributed by atoms with Crippen LogP contribution in [0.1, 0.15) is 57.8 Å². The van der Waals surface area contributed by atoms with Gasteiger partial charge in [-0.2, -0.15) is 0 Å². The second-order valence-electron chi connectivity index (χ2n) is 5.87. The van der Waals surface area contributed by atoms with Crippen LogP contribution in [0.3, 0.4) is 0 Å². The van der Waals surface area contributed by atoms with Gasteiger partial charge in [0.15, 0.2) is 0 Å². The lowest BCUT2D eigenvalue weighted by Gasteiger charge is -2.45. The normalized spacial score (nSPS) is 33.4. The van der Waals surface area contributed by atoms with E-state index in [2.05, 4.69) is 4.90 Å². The molecule has 0 N–H and O–H groups in total. The van der Waals surface area contributed by atoms with Crippen molar-refractivity contribution in [3.63, 3.8) is 0 Å². The molecule has 2 saturated carbocycles. The van der Waals surface area contributed by atoms with E-state index in [0.29, 0.717) is 0 Å². The van der Waals surface area contributed by atoms with Gasteiger partial charge in [-0.15, -0.1) is 0 Å². The Balaban J connectivity index is 1.66. The van der Waals surface area contributed by atoms with Crippen LogP contribution in [0, 0.1) is 5.41 Å². The Kier molecular flexibility index (Phi) is 2.31. The van der Waals surface area contributed by atoms with Gasteiger partial charge < -0.3 is 0 Å². The van der Waals surface area contributed by atoms with Crippen molar-refractivity contribution in [3.05, 3.63) is 0 Å². The quantitative estimate of drug-likeness (QED) is 0.618. The lowest BCUT2D eigenvalue weighted by atomic mass is 9.69. The summed E-state index contributed by atoms with van der Waals surface area (Å²) in [6, 6.07) is 1.01. The van der Waals surface area contributed by atoms with Crippen molar-refractivity contribution in [1.29, 1.82) is 0 Å². The van der Waals surface area contributed by atoms with Gasteiger partial charge in [-0.25, -0.2) is 0 Å². The van der Waals surface area contributed by atoms with Crippen LogP contribution in [0.15, 0.2) is 0 Å². The summed E-state index contributed by atoms with van der Waals surface area (Å²) in [5.41, 5.74) is 0.777. The van der Waals surface area contributed by atoms with Gasteiger partial charge in [0.05, 0.1) is 0 Å². The Bertz CT molecular complexity index is 196. The summed E-state index contributed by atoms with van der Waals surface area (Å²) in [7, 11) is 0. The van der Waals surface area contributed by atoms with Crippen LogP contribution >= 0.6 is 0 Å². The van der Waals surface area contributed by atoms with Crippen molar-refractivity contribution in [2.45, 2.75) is 63.8 Å². The summed E-state index contributed by atoms with van der Waals surface area (Å²) in [5.74, 6) is 0. The van der Waals surface area contributed by atoms with Crippen LogP contribution in [-0.4, -0.2) is 24.0 Å². The molecule has 0 bridgehead atoms. The molecule has 0 aromatic rings. The lowest BCUT2D eigenvalue weighted by Crippen LogP contribution is -2.45. The predicted molar refractivity (Wildman–Crippen MR) is 59.3 cm³/mol. The highest BCUT2D eigenvalue weighted by Gasteiger charge is 2.40. The molecule has 1 heterocycles. The Labute approximate surface area is 87.9 Å². The van der Waals surface area contributed by atoms with Crippen molar-refractivity contribution in [2.24, 2.45) is 5.41 Å². The lowest BCUT2D eigenvalue weighted by molar-refractivity contribution is 0.0491. The number of likely N-dealkylation sites (tertiary alicyclic amines) is 1. The first-order valence-electron chi connectivity index (χ1n) is 6.62. The third-order valence-corrected chi connectivity index (χ3v) is 4.67. The average Bonchev–Trinajstić information content (AvgIpc) is 3.02. The maximum Gasteiger partial charge on any atom is 0.00966 e. The molecule has 0 atom stereocenters. The first-order chi connectivity index (χ1) is 6.88. The van der Waals surface area contributed by atoms with Crippen molar-refractivity contribution >= 4 is 0 Å². The van der Waals surface area contributed by atoms with Crippen LogP contribution in [0.5, 0.6) is 0 Å². The zero-order valence-corrected chi connectivity index (χ0v) is 9.30. The highest BCUT2D eigenvalue weighted by atomic mass is 15.2. The number of nitrogens with zero attached hydrogens (tertiary/aromatic N) is 1. The van der Waals surface area contributed by atoms with Crippen LogP contribution in [0.2, 0.25) is 0 Å². The maximum atomic E-state index is 2.81. The molecular formula is C13H23N. The molecule has 1 nitrogen and oxygen atoms in total. The van der Waals surface area contributed by atoms with Crippen molar-refractivity contribution in [3.8, 4) is 0 Å². The second kappa shape index (κ2) is 3.52. The summed E-state index contributed by atoms with van der Waals surface area (Å²) >= 11 is 0. The summed E-state index contributed by atoms with van der Waals surface area (Å²) in [6.07, 6.45) is 13.6. The van der Waals surface area contributed by atoms with Gasteiger partial charge in [0.2, 0.25) is 0 Å². The van der Waals surface area contributed by atoms with Crippen LogP contribution in [0.4, 0.5) is 0 Å². The average molecular weight is 193 g/mol. The van der Waals surface area contributed by atoms with Gasteiger partial charge in [0, 0.05) is 12.6 Å². The fourth-order valence-electron chi connectivity index (χ4n) is 3.71. The van der Waals surface area contributed by atoms with Crippen LogP contribution in [0.25, 0.3) is 0 Å². The van der Waals surface area contributed by atoms with Gasteiger partial charge in [-0.3, -0.25) is 4.90 Å². The predicted octanol–water partition coefficient (Wildman–Crippen LogP) is 3.20. The topological polar surface area (TPSA) is 3.24 Å². The third-order valence-electron chi connectivity index (χ3n) is 4.67. The minimum absolute atomic E-state index is 0.777. The fraction of sp³-hybridized carbons (Fsp3) is 1.00. The SMILES string of the molecule is C1CCC2(CC1)CCCN(C1CC1)C2. The molecule has 3 fully saturated rings. The Morgan fingerprint density at radius 3 is 2.29 bits per heavy atom. The van der Waals surface area contributed by atoms with Crippen molar-refractivity contribution in [2.75, 3.05) is 13.1 Å². The van der Waals surface area contributed by atoms with E-state index >= 15 is 0 Å². The molecule has 0 unspecified atom stereocenters. The van der Waals surface area contributed by atoms with E-state index in [4.69, 9.17) is 0 Å². The Hall–Kier alpha value is -0.0400. The summed E-state index contributed by atoms with van der Waals surface area (Å²) in [4.78, 5) is 2.81.